The summed E-state index contributed by atoms with van der Waals surface area (Å²) in [4.78, 5) is 34.0. The number of Topliss-reactive ketones (excluding diaryl/α,β-unsaturated/α-hetero) is 1. The zero-order chi connectivity index (χ0) is 14.1. The Hall–Kier alpha value is -2.17. The van der Waals surface area contributed by atoms with E-state index in [0.717, 1.165) is 0 Å². The molecule has 102 valence electrons. The van der Waals surface area contributed by atoms with Crippen molar-refractivity contribution in [2.24, 2.45) is 0 Å². The fraction of sp³-hybridized carbons (Fsp3) is 0.357. The summed E-state index contributed by atoms with van der Waals surface area (Å²) in [7, 11) is 0. The molecule has 0 unspecified atom stereocenters. The summed E-state index contributed by atoms with van der Waals surface area (Å²) in [6.45, 7) is 1.71. The second kappa shape index (κ2) is 8.02. The molecule has 19 heavy (non-hydrogen) atoms. The summed E-state index contributed by atoms with van der Waals surface area (Å²) in [5.74, 6) is -1.99. The largest absolute Gasteiger partial charge is 0.462 e. The SMILES string of the molecule is CCCC(=O)OCCOC(=O)C(=O)c1ccccc1. The third-order valence-corrected chi connectivity index (χ3v) is 2.26. The number of benzene rings is 1. The molecule has 1 aromatic rings. The molecule has 0 radical (unpaired) electrons. The van der Waals surface area contributed by atoms with Gasteiger partial charge in [-0.05, 0) is 6.42 Å². The summed E-state index contributed by atoms with van der Waals surface area (Å²) < 4.78 is 9.51. The van der Waals surface area contributed by atoms with Crippen LogP contribution in [-0.4, -0.2) is 30.9 Å². The van der Waals surface area contributed by atoms with Gasteiger partial charge in [-0.1, -0.05) is 37.3 Å². The highest BCUT2D eigenvalue weighted by atomic mass is 16.6. The summed E-state index contributed by atoms with van der Waals surface area (Å²) >= 11 is 0. The number of ether oxygens (including phenoxy) is 2. The predicted octanol–water partition coefficient (Wildman–Crippen LogP) is 1.76. The first-order valence-corrected chi connectivity index (χ1v) is 6.07. The van der Waals surface area contributed by atoms with Crippen molar-refractivity contribution in [3.63, 3.8) is 0 Å². The molecule has 0 aliphatic carbocycles. The first-order valence-electron chi connectivity index (χ1n) is 6.07. The van der Waals surface area contributed by atoms with Crippen LogP contribution in [0.15, 0.2) is 30.3 Å². The topological polar surface area (TPSA) is 69.7 Å². The van der Waals surface area contributed by atoms with Crippen molar-refractivity contribution in [2.75, 3.05) is 13.2 Å². The summed E-state index contributed by atoms with van der Waals surface area (Å²) in [5.41, 5.74) is 0.274. The van der Waals surface area contributed by atoms with Gasteiger partial charge in [0.25, 0.3) is 5.78 Å². The van der Waals surface area contributed by atoms with Crippen LogP contribution >= 0.6 is 0 Å². The monoisotopic (exact) mass is 264 g/mol. The molecule has 5 nitrogen and oxygen atoms in total. The van der Waals surface area contributed by atoms with Gasteiger partial charge >= 0.3 is 11.9 Å². The van der Waals surface area contributed by atoms with E-state index in [4.69, 9.17) is 9.47 Å². The van der Waals surface area contributed by atoms with Gasteiger partial charge in [0, 0.05) is 12.0 Å². The van der Waals surface area contributed by atoms with Gasteiger partial charge < -0.3 is 9.47 Å². The fourth-order valence-corrected chi connectivity index (χ4v) is 1.34. The molecule has 0 saturated heterocycles. The Labute approximate surface area is 111 Å². The Bertz CT molecular complexity index is 438. The van der Waals surface area contributed by atoms with Crippen molar-refractivity contribution < 1.29 is 23.9 Å². The van der Waals surface area contributed by atoms with Crippen molar-refractivity contribution in [3.8, 4) is 0 Å². The van der Waals surface area contributed by atoms with Crippen molar-refractivity contribution in [3.05, 3.63) is 35.9 Å². The fourth-order valence-electron chi connectivity index (χ4n) is 1.34. The zero-order valence-electron chi connectivity index (χ0n) is 10.8. The van der Waals surface area contributed by atoms with E-state index in [2.05, 4.69) is 0 Å². The maximum Gasteiger partial charge on any atom is 0.379 e. The van der Waals surface area contributed by atoms with Gasteiger partial charge in [-0.3, -0.25) is 9.59 Å². The molecule has 0 aromatic heterocycles. The first-order chi connectivity index (χ1) is 9.15. The van der Waals surface area contributed by atoms with Crippen molar-refractivity contribution in [1.82, 2.24) is 0 Å². The Morgan fingerprint density at radius 2 is 1.63 bits per heavy atom. The lowest BCUT2D eigenvalue weighted by Crippen LogP contribution is -2.20. The first kappa shape index (κ1) is 14.9. The lowest BCUT2D eigenvalue weighted by Gasteiger charge is -2.05. The van der Waals surface area contributed by atoms with Gasteiger partial charge in [0.05, 0.1) is 0 Å². The van der Waals surface area contributed by atoms with Gasteiger partial charge in [-0.25, -0.2) is 4.79 Å². The van der Waals surface area contributed by atoms with Crippen LogP contribution < -0.4 is 0 Å². The molecule has 1 aromatic carbocycles. The Balaban J connectivity index is 2.28. The molecule has 0 bridgehead atoms. The van der Waals surface area contributed by atoms with Gasteiger partial charge in [0.2, 0.25) is 0 Å². The lowest BCUT2D eigenvalue weighted by atomic mass is 10.1. The maximum atomic E-state index is 11.6. The smallest absolute Gasteiger partial charge is 0.379 e. The number of hydrogen-bond donors (Lipinski definition) is 0. The number of ketones is 1. The summed E-state index contributed by atoms with van der Waals surface area (Å²) in [6, 6.07) is 8.13. The molecule has 5 heteroatoms. The number of carbonyl (C=O) groups is 3. The predicted molar refractivity (Wildman–Crippen MR) is 67.6 cm³/mol. The molecule has 0 saturated carbocycles. The van der Waals surface area contributed by atoms with Crippen LogP contribution in [0, 0.1) is 0 Å². The third kappa shape index (κ3) is 5.33. The van der Waals surface area contributed by atoms with Crippen LogP contribution in [0.2, 0.25) is 0 Å². The minimum atomic E-state index is -0.947. The van der Waals surface area contributed by atoms with E-state index in [0.29, 0.717) is 12.8 Å². The van der Waals surface area contributed by atoms with Gasteiger partial charge in [-0.2, -0.15) is 0 Å². The Kier molecular flexibility index (Phi) is 6.29. The molecule has 0 atom stereocenters. The third-order valence-electron chi connectivity index (χ3n) is 2.26. The van der Waals surface area contributed by atoms with Crippen LogP contribution in [0.4, 0.5) is 0 Å². The van der Waals surface area contributed by atoms with E-state index in [1.54, 1.807) is 18.2 Å². The Morgan fingerprint density at radius 3 is 2.26 bits per heavy atom. The van der Waals surface area contributed by atoms with Crippen molar-refractivity contribution >= 4 is 17.7 Å². The molecule has 1 rings (SSSR count). The highest BCUT2D eigenvalue weighted by Crippen LogP contribution is 2.01. The molecule has 0 spiro atoms. The molecule has 0 aliphatic heterocycles. The van der Waals surface area contributed by atoms with E-state index in [1.807, 2.05) is 6.92 Å². The van der Waals surface area contributed by atoms with Crippen LogP contribution in [0.3, 0.4) is 0 Å². The average molecular weight is 264 g/mol. The number of carbonyl (C=O) groups excluding carboxylic acids is 3. The zero-order valence-corrected chi connectivity index (χ0v) is 10.8. The quantitative estimate of drug-likeness (QED) is 0.325. The minimum absolute atomic E-state index is 0.0351. The van der Waals surface area contributed by atoms with E-state index < -0.39 is 11.8 Å². The normalized spacial score (nSPS) is 9.74. The second-order valence-corrected chi connectivity index (χ2v) is 3.80. The number of rotatable bonds is 7. The molecule has 0 fully saturated rings. The molecule has 0 N–H and O–H groups in total. The Morgan fingerprint density at radius 1 is 1.00 bits per heavy atom. The van der Waals surface area contributed by atoms with E-state index >= 15 is 0 Å². The highest BCUT2D eigenvalue weighted by Gasteiger charge is 2.17. The van der Waals surface area contributed by atoms with E-state index in [1.165, 1.54) is 12.1 Å². The second-order valence-electron chi connectivity index (χ2n) is 3.80. The molecular weight excluding hydrogens is 248 g/mol. The van der Waals surface area contributed by atoms with Gasteiger partial charge in [0.15, 0.2) is 0 Å². The summed E-state index contributed by atoms with van der Waals surface area (Å²) in [5, 5.41) is 0. The summed E-state index contributed by atoms with van der Waals surface area (Å²) in [6.07, 6.45) is 1.03. The van der Waals surface area contributed by atoms with Crippen molar-refractivity contribution in [1.29, 1.82) is 0 Å². The van der Waals surface area contributed by atoms with E-state index in [-0.39, 0.29) is 24.7 Å². The molecule has 0 amide bonds. The van der Waals surface area contributed by atoms with Crippen LogP contribution in [0.1, 0.15) is 30.1 Å². The highest BCUT2D eigenvalue weighted by molar-refractivity contribution is 6.40. The molecule has 0 heterocycles. The minimum Gasteiger partial charge on any atom is -0.462 e. The number of esters is 2. The maximum absolute atomic E-state index is 11.6. The van der Waals surface area contributed by atoms with Gasteiger partial charge in [-0.15, -0.1) is 0 Å². The van der Waals surface area contributed by atoms with Gasteiger partial charge in [0.1, 0.15) is 13.2 Å². The number of hydrogen-bond acceptors (Lipinski definition) is 5. The van der Waals surface area contributed by atoms with Crippen LogP contribution in [0.5, 0.6) is 0 Å². The molecular formula is C14H16O5. The van der Waals surface area contributed by atoms with Crippen LogP contribution in [-0.2, 0) is 19.1 Å². The van der Waals surface area contributed by atoms with Crippen LogP contribution in [0.25, 0.3) is 0 Å². The molecule has 0 aliphatic rings. The van der Waals surface area contributed by atoms with Crippen molar-refractivity contribution in [2.45, 2.75) is 19.8 Å². The average Bonchev–Trinajstić information content (AvgIpc) is 2.44. The standard InChI is InChI=1S/C14H16O5/c1-2-6-12(15)18-9-10-19-14(17)13(16)11-7-4-3-5-8-11/h3-5,7-8H,2,6,9-10H2,1H3. The van der Waals surface area contributed by atoms with E-state index in [9.17, 15) is 14.4 Å². The lowest BCUT2D eigenvalue weighted by molar-refractivity contribution is -0.149.